The Labute approximate surface area is 115 Å². The van der Waals surface area contributed by atoms with Crippen molar-refractivity contribution in [2.75, 3.05) is 13.7 Å². The number of rotatable bonds is 5. The third-order valence-corrected chi connectivity index (χ3v) is 3.61. The van der Waals surface area contributed by atoms with E-state index in [2.05, 4.69) is 17.5 Å². The summed E-state index contributed by atoms with van der Waals surface area (Å²) in [6.07, 6.45) is 7.23. The Morgan fingerprint density at radius 1 is 1.42 bits per heavy atom. The van der Waals surface area contributed by atoms with Crippen molar-refractivity contribution in [1.29, 1.82) is 0 Å². The zero-order valence-electron chi connectivity index (χ0n) is 11.7. The van der Waals surface area contributed by atoms with Crippen molar-refractivity contribution in [3.63, 3.8) is 0 Å². The Bertz CT molecular complexity index is 442. The Kier molecular flexibility index (Phi) is 5.00. The second kappa shape index (κ2) is 6.73. The summed E-state index contributed by atoms with van der Waals surface area (Å²) in [5, 5.41) is 13.8. The van der Waals surface area contributed by atoms with Gasteiger partial charge in [-0.3, -0.25) is 0 Å². The molecule has 0 heterocycles. The Hall–Kier alpha value is -1.32. The van der Waals surface area contributed by atoms with Crippen LogP contribution in [0.15, 0.2) is 30.4 Å². The zero-order chi connectivity index (χ0) is 13.7. The van der Waals surface area contributed by atoms with Crippen molar-refractivity contribution in [3.8, 4) is 5.75 Å². The third kappa shape index (κ3) is 3.82. The average molecular weight is 261 g/mol. The molecule has 1 aliphatic rings. The van der Waals surface area contributed by atoms with E-state index in [0.717, 1.165) is 36.1 Å². The van der Waals surface area contributed by atoms with Crippen LogP contribution in [0.1, 0.15) is 36.5 Å². The summed E-state index contributed by atoms with van der Waals surface area (Å²) < 4.78 is 5.31. The predicted octanol–water partition coefficient (Wildman–Crippen LogP) is 2.74. The van der Waals surface area contributed by atoms with Gasteiger partial charge in [0.2, 0.25) is 0 Å². The number of hydrogen-bond donors (Lipinski definition) is 2. The van der Waals surface area contributed by atoms with Crippen LogP contribution in [0, 0.1) is 6.92 Å². The molecule has 1 aliphatic carbocycles. The number of benzene rings is 1. The van der Waals surface area contributed by atoms with E-state index < -0.39 is 6.10 Å². The van der Waals surface area contributed by atoms with Crippen LogP contribution in [-0.4, -0.2) is 24.8 Å². The fourth-order valence-electron chi connectivity index (χ4n) is 2.48. The molecule has 2 rings (SSSR count). The van der Waals surface area contributed by atoms with Gasteiger partial charge in [0.1, 0.15) is 5.75 Å². The average Bonchev–Trinajstić information content (AvgIpc) is 2.46. The maximum atomic E-state index is 10.3. The molecule has 0 radical (unpaired) electrons. The first-order chi connectivity index (χ1) is 9.20. The molecule has 0 bridgehead atoms. The first kappa shape index (κ1) is 14.1. The number of nitrogens with one attached hydrogen (secondary N) is 1. The van der Waals surface area contributed by atoms with Crippen LogP contribution in [0.3, 0.4) is 0 Å². The molecular weight excluding hydrogens is 238 g/mol. The highest BCUT2D eigenvalue weighted by atomic mass is 16.5. The van der Waals surface area contributed by atoms with Crippen molar-refractivity contribution < 1.29 is 9.84 Å². The molecule has 0 fully saturated rings. The molecule has 0 amide bonds. The van der Waals surface area contributed by atoms with Crippen LogP contribution in [0.2, 0.25) is 0 Å². The van der Waals surface area contributed by atoms with Crippen LogP contribution in [0.4, 0.5) is 0 Å². The molecule has 104 valence electrons. The molecule has 0 saturated heterocycles. The molecule has 0 spiro atoms. The van der Waals surface area contributed by atoms with Crippen LogP contribution >= 0.6 is 0 Å². The summed E-state index contributed by atoms with van der Waals surface area (Å²) in [6.45, 7) is 2.59. The third-order valence-electron chi connectivity index (χ3n) is 3.61. The van der Waals surface area contributed by atoms with Crippen LogP contribution in [0.25, 0.3) is 0 Å². The number of hydrogen-bond acceptors (Lipinski definition) is 3. The maximum Gasteiger partial charge on any atom is 0.124 e. The summed E-state index contributed by atoms with van der Waals surface area (Å²) in [5.74, 6) is 0.753. The predicted molar refractivity (Wildman–Crippen MR) is 77.5 cm³/mol. The van der Waals surface area contributed by atoms with Crippen molar-refractivity contribution in [2.45, 2.75) is 38.3 Å². The van der Waals surface area contributed by atoms with Gasteiger partial charge in [0.25, 0.3) is 0 Å². The molecule has 0 aliphatic heterocycles. The lowest BCUT2D eigenvalue weighted by Gasteiger charge is -2.22. The lowest BCUT2D eigenvalue weighted by Crippen LogP contribution is -2.33. The van der Waals surface area contributed by atoms with Gasteiger partial charge in [0.05, 0.1) is 13.2 Å². The molecule has 1 aromatic rings. The number of methoxy groups -OCH3 is 1. The molecule has 19 heavy (non-hydrogen) atoms. The van der Waals surface area contributed by atoms with Crippen LogP contribution in [0.5, 0.6) is 5.75 Å². The summed E-state index contributed by atoms with van der Waals surface area (Å²) >= 11 is 0. The highest BCUT2D eigenvalue weighted by Gasteiger charge is 2.16. The van der Waals surface area contributed by atoms with Crippen molar-refractivity contribution in [1.82, 2.24) is 5.32 Å². The monoisotopic (exact) mass is 261 g/mol. The van der Waals surface area contributed by atoms with E-state index in [1.54, 1.807) is 7.11 Å². The lowest BCUT2D eigenvalue weighted by molar-refractivity contribution is 0.164. The minimum Gasteiger partial charge on any atom is -0.496 e. The Morgan fingerprint density at radius 2 is 2.26 bits per heavy atom. The number of aliphatic hydroxyl groups is 1. The van der Waals surface area contributed by atoms with Gasteiger partial charge >= 0.3 is 0 Å². The highest BCUT2D eigenvalue weighted by molar-refractivity contribution is 5.38. The van der Waals surface area contributed by atoms with Gasteiger partial charge in [-0.25, -0.2) is 0 Å². The summed E-state index contributed by atoms with van der Waals surface area (Å²) in [5.41, 5.74) is 2.00. The molecule has 2 N–H and O–H groups in total. The molecule has 1 aromatic carbocycles. The summed E-state index contributed by atoms with van der Waals surface area (Å²) in [7, 11) is 1.64. The molecule has 3 nitrogen and oxygen atoms in total. The first-order valence-corrected chi connectivity index (χ1v) is 6.91. The standard InChI is InChI=1S/C16H23NO2/c1-12-8-9-16(19-2)14(10-12)15(18)11-17-13-6-4-3-5-7-13/h3-4,8-10,13,15,17-18H,5-7,11H2,1-2H3. The van der Waals surface area contributed by atoms with Gasteiger partial charge in [-0.15, -0.1) is 0 Å². The minimum absolute atomic E-state index is 0.482. The van der Waals surface area contributed by atoms with Crippen molar-refractivity contribution in [3.05, 3.63) is 41.5 Å². The first-order valence-electron chi connectivity index (χ1n) is 6.91. The van der Waals surface area contributed by atoms with E-state index in [-0.39, 0.29) is 0 Å². The second-order valence-electron chi connectivity index (χ2n) is 5.15. The largest absolute Gasteiger partial charge is 0.496 e. The topological polar surface area (TPSA) is 41.5 Å². The molecule has 2 unspecified atom stereocenters. The maximum absolute atomic E-state index is 10.3. The number of aryl methyl sites for hydroxylation is 1. The number of allylic oxidation sites excluding steroid dienone is 1. The van der Waals surface area contributed by atoms with E-state index in [1.807, 2.05) is 25.1 Å². The normalized spacial score (nSPS) is 20.3. The Morgan fingerprint density at radius 3 is 2.95 bits per heavy atom. The summed E-state index contributed by atoms with van der Waals surface area (Å²) in [4.78, 5) is 0. The second-order valence-corrected chi connectivity index (χ2v) is 5.15. The highest BCUT2D eigenvalue weighted by Crippen LogP contribution is 2.26. The fraction of sp³-hybridized carbons (Fsp3) is 0.500. The van der Waals surface area contributed by atoms with E-state index in [4.69, 9.17) is 4.74 Å². The van der Waals surface area contributed by atoms with E-state index >= 15 is 0 Å². The van der Waals surface area contributed by atoms with Gasteiger partial charge < -0.3 is 15.2 Å². The molecule has 0 saturated carbocycles. The van der Waals surface area contributed by atoms with E-state index in [1.165, 1.54) is 0 Å². The molecule has 2 atom stereocenters. The van der Waals surface area contributed by atoms with Crippen molar-refractivity contribution >= 4 is 0 Å². The molecular formula is C16H23NO2. The minimum atomic E-state index is -0.527. The van der Waals surface area contributed by atoms with Gasteiger partial charge in [0, 0.05) is 18.2 Å². The van der Waals surface area contributed by atoms with Gasteiger partial charge in [-0.05, 0) is 38.3 Å². The number of ether oxygens (including phenoxy) is 1. The van der Waals surface area contributed by atoms with E-state index in [0.29, 0.717) is 12.6 Å². The van der Waals surface area contributed by atoms with Gasteiger partial charge in [0.15, 0.2) is 0 Å². The molecule has 3 heteroatoms. The van der Waals surface area contributed by atoms with Gasteiger partial charge in [-0.1, -0.05) is 23.8 Å². The van der Waals surface area contributed by atoms with Crippen LogP contribution in [-0.2, 0) is 0 Å². The van der Waals surface area contributed by atoms with E-state index in [9.17, 15) is 5.11 Å². The summed E-state index contributed by atoms with van der Waals surface area (Å²) in [6, 6.07) is 6.38. The Balaban J connectivity index is 1.96. The fourth-order valence-corrected chi connectivity index (χ4v) is 2.48. The SMILES string of the molecule is COc1ccc(C)cc1C(O)CNC1CC=CCC1. The number of aliphatic hydroxyl groups excluding tert-OH is 1. The lowest BCUT2D eigenvalue weighted by atomic mass is 10.0. The molecule has 0 aromatic heterocycles. The zero-order valence-corrected chi connectivity index (χ0v) is 11.7. The van der Waals surface area contributed by atoms with Gasteiger partial charge in [-0.2, -0.15) is 0 Å². The smallest absolute Gasteiger partial charge is 0.124 e. The van der Waals surface area contributed by atoms with Crippen LogP contribution < -0.4 is 10.1 Å². The van der Waals surface area contributed by atoms with Crippen molar-refractivity contribution in [2.24, 2.45) is 0 Å². The quantitative estimate of drug-likeness (QED) is 0.801.